The average Bonchev–Trinajstić information content (AvgIpc) is 3.99. The highest BCUT2D eigenvalue weighted by atomic mass is 16.3. The lowest BCUT2D eigenvalue weighted by Gasteiger charge is -2.35. The van der Waals surface area contributed by atoms with E-state index in [2.05, 4.69) is 252 Å². The molecule has 0 bridgehead atoms. The number of fused-ring (bicyclic) bond motifs is 13. The Bertz CT molecular complexity index is 3550. The number of benzene rings is 10. The number of para-hydroxylation sites is 3. The van der Waals surface area contributed by atoms with Crippen molar-refractivity contribution in [2.24, 2.45) is 0 Å². The van der Waals surface area contributed by atoms with Crippen LogP contribution in [0.15, 0.2) is 247 Å². The molecule has 64 heavy (non-hydrogen) atoms. The molecule has 0 saturated heterocycles. The summed E-state index contributed by atoms with van der Waals surface area (Å²) < 4.78 is 7.35. The van der Waals surface area contributed by atoms with Crippen molar-refractivity contribution in [2.75, 3.05) is 9.80 Å². The molecule has 0 amide bonds. The van der Waals surface area contributed by atoms with Crippen LogP contribution in [0.25, 0.3) is 55.1 Å². The quantitative estimate of drug-likeness (QED) is 0.160. The zero-order chi connectivity index (χ0) is 42.2. The maximum absolute atomic E-state index is 7.35. The highest BCUT2D eigenvalue weighted by molar-refractivity contribution is 6.08. The van der Waals surface area contributed by atoms with Gasteiger partial charge in [-0.1, -0.05) is 176 Å². The molecule has 300 valence electrons. The lowest BCUT2D eigenvalue weighted by molar-refractivity contribution is 0.507. The zero-order valence-electron chi connectivity index (χ0n) is 34.9. The SMILES string of the molecule is c1ccc(-c2ccc(N(c3ccccc3)c3ccc4c(c3)C3(c5ccccc5-4)c4oc5ccccc5c4-c4cccc(N(c5ccccc5)c5cccc6ccccc56)c43)cc2)cc1. The van der Waals surface area contributed by atoms with Crippen LogP contribution < -0.4 is 9.80 Å². The van der Waals surface area contributed by atoms with Gasteiger partial charge in [0.25, 0.3) is 0 Å². The average molecular weight is 817 g/mol. The van der Waals surface area contributed by atoms with Gasteiger partial charge in [0.1, 0.15) is 16.8 Å². The van der Waals surface area contributed by atoms with E-state index < -0.39 is 5.41 Å². The predicted octanol–water partition coefficient (Wildman–Crippen LogP) is 16.5. The first kappa shape index (κ1) is 36.3. The smallest absolute Gasteiger partial charge is 0.135 e. The van der Waals surface area contributed by atoms with Crippen molar-refractivity contribution in [3.63, 3.8) is 0 Å². The summed E-state index contributed by atoms with van der Waals surface area (Å²) in [6.07, 6.45) is 0. The lowest BCUT2D eigenvalue weighted by atomic mass is 9.72. The van der Waals surface area contributed by atoms with Gasteiger partial charge in [-0.2, -0.15) is 0 Å². The number of anilines is 6. The Balaban J connectivity index is 1.12. The molecule has 0 radical (unpaired) electrons. The van der Waals surface area contributed by atoms with Crippen LogP contribution >= 0.6 is 0 Å². The Kier molecular flexibility index (Phi) is 8.13. The summed E-state index contributed by atoms with van der Waals surface area (Å²) in [5.74, 6) is 0.962. The van der Waals surface area contributed by atoms with E-state index in [0.29, 0.717) is 0 Å². The highest BCUT2D eigenvalue weighted by Gasteiger charge is 2.57. The fourth-order valence-corrected chi connectivity index (χ4v) is 10.8. The minimum atomic E-state index is -0.806. The van der Waals surface area contributed by atoms with Crippen molar-refractivity contribution in [3.05, 3.63) is 265 Å². The molecular weight excluding hydrogens is 777 g/mol. The van der Waals surface area contributed by atoms with Crippen LogP contribution in [-0.2, 0) is 5.41 Å². The molecule has 0 aliphatic heterocycles. The monoisotopic (exact) mass is 816 g/mol. The highest BCUT2D eigenvalue weighted by Crippen LogP contribution is 2.67. The van der Waals surface area contributed by atoms with Crippen molar-refractivity contribution >= 4 is 55.9 Å². The van der Waals surface area contributed by atoms with E-state index in [4.69, 9.17) is 4.42 Å². The molecule has 13 rings (SSSR count). The molecule has 1 aromatic heterocycles. The molecule has 11 aromatic rings. The van der Waals surface area contributed by atoms with Gasteiger partial charge >= 0.3 is 0 Å². The summed E-state index contributed by atoms with van der Waals surface area (Å²) in [6, 6.07) is 88.0. The molecule has 1 unspecified atom stereocenters. The Morgan fingerprint density at radius 3 is 1.69 bits per heavy atom. The van der Waals surface area contributed by atoms with Gasteiger partial charge in [0.05, 0.1) is 11.4 Å². The Morgan fingerprint density at radius 2 is 0.891 bits per heavy atom. The van der Waals surface area contributed by atoms with Gasteiger partial charge < -0.3 is 14.2 Å². The van der Waals surface area contributed by atoms with Crippen LogP contribution in [0.3, 0.4) is 0 Å². The maximum Gasteiger partial charge on any atom is 0.135 e. The van der Waals surface area contributed by atoms with Gasteiger partial charge in [-0.05, 0) is 111 Å². The van der Waals surface area contributed by atoms with E-state index in [1.807, 2.05) is 0 Å². The third kappa shape index (κ3) is 5.28. The first-order valence-corrected chi connectivity index (χ1v) is 22.0. The van der Waals surface area contributed by atoms with Gasteiger partial charge in [-0.15, -0.1) is 0 Å². The van der Waals surface area contributed by atoms with Crippen LogP contribution in [-0.4, -0.2) is 0 Å². The Morgan fingerprint density at radius 1 is 0.344 bits per heavy atom. The Labute approximate surface area is 372 Å². The molecule has 1 heterocycles. The minimum Gasteiger partial charge on any atom is -0.459 e. The summed E-state index contributed by atoms with van der Waals surface area (Å²) in [4.78, 5) is 4.87. The molecule has 10 aromatic carbocycles. The molecule has 3 nitrogen and oxygen atoms in total. The standard InChI is InChI=1S/C61H40N2O/c1-4-18-41(19-5-1)42-34-36-46(37-35-42)62(44-22-6-2-7-23-44)47-38-39-50-49-27-12-14-30-53(49)61(54(50)40-47)59-52(58-51-28-13-15-33-57(51)64-60(58)61)29-17-32-56(59)63(45-24-8-3-9-25-45)55-31-16-21-43-20-10-11-26-48(43)55/h1-40H. The lowest BCUT2D eigenvalue weighted by Crippen LogP contribution is -2.28. The summed E-state index contributed by atoms with van der Waals surface area (Å²) >= 11 is 0. The topological polar surface area (TPSA) is 19.6 Å². The minimum absolute atomic E-state index is 0.806. The van der Waals surface area contributed by atoms with E-state index in [1.54, 1.807) is 0 Å². The molecule has 3 heteroatoms. The number of furan rings is 1. The van der Waals surface area contributed by atoms with Crippen molar-refractivity contribution in [3.8, 4) is 33.4 Å². The van der Waals surface area contributed by atoms with Crippen LogP contribution in [0.2, 0.25) is 0 Å². The van der Waals surface area contributed by atoms with Crippen molar-refractivity contribution < 1.29 is 4.42 Å². The molecule has 1 spiro atoms. The van der Waals surface area contributed by atoms with Gasteiger partial charge in [0.2, 0.25) is 0 Å². The fraction of sp³-hybridized carbons (Fsp3) is 0.0164. The van der Waals surface area contributed by atoms with E-state index in [0.717, 1.165) is 56.4 Å². The molecule has 2 aliphatic rings. The summed E-state index contributed by atoms with van der Waals surface area (Å²) in [5.41, 5.74) is 17.4. The first-order chi connectivity index (χ1) is 31.8. The molecule has 0 saturated carbocycles. The first-order valence-electron chi connectivity index (χ1n) is 22.0. The number of rotatable bonds is 7. The van der Waals surface area contributed by atoms with Gasteiger partial charge in [-0.3, -0.25) is 0 Å². The summed E-state index contributed by atoms with van der Waals surface area (Å²) in [6.45, 7) is 0. The normalized spacial score (nSPS) is 14.3. The second-order valence-electron chi connectivity index (χ2n) is 16.8. The van der Waals surface area contributed by atoms with Crippen molar-refractivity contribution in [2.45, 2.75) is 5.41 Å². The second kappa shape index (κ2) is 14.3. The van der Waals surface area contributed by atoms with Crippen LogP contribution in [0.5, 0.6) is 0 Å². The van der Waals surface area contributed by atoms with Gasteiger partial charge in [0.15, 0.2) is 0 Å². The van der Waals surface area contributed by atoms with E-state index in [1.165, 1.54) is 55.3 Å². The molecule has 0 N–H and O–H groups in total. The molecular formula is C61H40N2O. The van der Waals surface area contributed by atoms with Gasteiger partial charge in [0, 0.05) is 44.6 Å². The zero-order valence-corrected chi connectivity index (χ0v) is 34.9. The second-order valence-corrected chi connectivity index (χ2v) is 16.8. The Hall–Kier alpha value is -8.40. The molecule has 1 atom stereocenters. The largest absolute Gasteiger partial charge is 0.459 e. The van der Waals surface area contributed by atoms with Crippen molar-refractivity contribution in [1.29, 1.82) is 0 Å². The van der Waals surface area contributed by atoms with Crippen LogP contribution in [0.1, 0.15) is 22.5 Å². The predicted molar refractivity (Wildman–Crippen MR) is 265 cm³/mol. The fourth-order valence-electron chi connectivity index (χ4n) is 10.8. The van der Waals surface area contributed by atoms with E-state index in [-0.39, 0.29) is 0 Å². The number of hydrogen-bond donors (Lipinski definition) is 0. The van der Waals surface area contributed by atoms with Gasteiger partial charge in [-0.25, -0.2) is 0 Å². The van der Waals surface area contributed by atoms with E-state index >= 15 is 0 Å². The summed E-state index contributed by atoms with van der Waals surface area (Å²) in [7, 11) is 0. The van der Waals surface area contributed by atoms with Crippen LogP contribution in [0.4, 0.5) is 34.1 Å². The third-order valence-corrected chi connectivity index (χ3v) is 13.4. The number of nitrogens with zero attached hydrogens (tertiary/aromatic N) is 2. The van der Waals surface area contributed by atoms with Crippen LogP contribution in [0, 0.1) is 0 Å². The van der Waals surface area contributed by atoms with Crippen molar-refractivity contribution in [1.82, 2.24) is 0 Å². The third-order valence-electron chi connectivity index (χ3n) is 13.4. The maximum atomic E-state index is 7.35. The van der Waals surface area contributed by atoms with E-state index in [9.17, 15) is 0 Å². The molecule has 0 fully saturated rings. The summed E-state index contributed by atoms with van der Waals surface area (Å²) in [5, 5.41) is 3.50. The number of hydrogen-bond acceptors (Lipinski definition) is 3. The molecule has 2 aliphatic carbocycles.